The van der Waals surface area contributed by atoms with Crippen LogP contribution in [-0.2, 0) is 5.41 Å². The van der Waals surface area contributed by atoms with Crippen LogP contribution in [-0.4, -0.2) is 31.1 Å². The molecule has 1 heterocycles. The molecule has 1 saturated heterocycles. The van der Waals surface area contributed by atoms with Crippen LogP contribution in [0.1, 0.15) is 39.2 Å². The zero-order chi connectivity index (χ0) is 13.2. The molecule has 100 valence electrons. The van der Waals surface area contributed by atoms with Gasteiger partial charge in [-0.15, -0.1) is 0 Å². The Morgan fingerprint density at radius 3 is 2.44 bits per heavy atom. The first-order chi connectivity index (χ1) is 8.45. The highest BCUT2D eigenvalue weighted by Gasteiger charge is 2.19. The molecule has 1 aromatic carbocycles. The van der Waals surface area contributed by atoms with E-state index in [0.29, 0.717) is 6.10 Å². The van der Waals surface area contributed by atoms with E-state index in [1.54, 1.807) is 0 Å². The highest BCUT2D eigenvalue weighted by molar-refractivity contribution is 5.32. The van der Waals surface area contributed by atoms with Gasteiger partial charge >= 0.3 is 0 Å². The lowest BCUT2D eigenvalue weighted by molar-refractivity contribution is 0.114. The summed E-state index contributed by atoms with van der Waals surface area (Å²) in [6.45, 7) is 9.00. The lowest BCUT2D eigenvalue weighted by Crippen LogP contribution is -2.35. The molecule has 0 saturated carbocycles. The van der Waals surface area contributed by atoms with Crippen molar-refractivity contribution in [2.45, 2.75) is 45.1 Å². The predicted octanol–water partition coefficient (Wildman–Crippen LogP) is 3.46. The van der Waals surface area contributed by atoms with Crippen molar-refractivity contribution in [1.82, 2.24) is 4.90 Å². The van der Waals surface area contributed by atoms with Gasteiger partial charge in [-0.3, -0.25) is 0 Å². The maximum absolute atomic E-state index is 6.11. The quantitative estimate of drug-likeness (QED) is 0.793. The summed E-state index contributed by atoms with van der Waals surface area (Å²) in [5.41, 5.74) is 1.53. The standard InChI is InChI=1S/C16H25NO/c1-16(2,3)13-6-5-7-15(12-13)18-14-8-10-17(4)11-9-14/h5-7,12,14H,8-11H2,1-4H3. The van der Waals surface area contributed by atoms with Crippen molar-refractivity contribution in [1.29, 1.82) is 0 Å². The van der Waals surface area contributed by atoms with Gasteiger partial charge in [0.15, 0.2) is 0 Å². The summed E-state index contributed by atoms with van der Waals surface area (Å²) in [7, 11) is 2.18. The molecule has 2 rings (SSSR count). The average molecular weight is 247 g/mol. The van der Waals surface area contributed by atoms with Crippen LogP contribution in [0.5, 0.6) is 5.75 Å². The van der Waals surface area contributed by atoms with Crippen LogP contribution < -0.4 is 4.74 Å². The largest absolute Gasteiger partial charge is 0.490 e. The van der Waals surface area contributed by atoms with Crippen LogP contribution in [0.2, 0.25) is 0 Å². The van der Waals surface area contributed by atoms with E-state index < -0.39 is 0 Å². The average Bonchev–Trinajstić information content (AvgIpc) is 2.31. The smallest absolute Gasteiger partial charge is 0.120 e. The van der Waals surface area contributed by atoms with Crippen LogP contribution in [0.4, 0.5) is 0 Å². The first kappa shape index (κ1) is 13.4. The Hall–Kier alpha value is -1.02. The Morgan fingerprint density at radius 2 is 1.83 bits per heavy atom. The van der Waals surface area contributed by atoms with E-state index in [0.717, 1.165) is 31.7 Å². The fourth-order valence-electron chi connectivity index (χ4n) is 2.33. The Morgan fingerprint density at radius 1 is 1.17 bits per heavy atom. The number of hydrogen-bond acceptors (Lipinski definition) is 2. The van der Waals surface area contributed by atoms with E-state index >= 15 is 0 Å². The van der Waals surface area contributed by atoms with Crippen LogP contribution in [0.3, 0.4) is 0 Å². The Kier molecular flexibility index (Phi) is 3.96. The van der Waals surface area contributed by atoms with Crippen molar-refractivity contribution in [3.63, 3.8) is 0 Å². The van der Waals surface area contributed by atoms with E-state index in [1.807, 2.05) is 0 Å². The van der Waals surface area contributed by atoms with Gasteiger partial charge in [-0.1, -0.05) is 32.9 Å². The predicted molar refractivity (Wildman–Crippen MR) is 76.3 cm³/mol. The van der Waals surface area contributed by atoms with Crippen molar-refractivity contribution in [3.8, 4) is 5.75 Å². The minimum absolute atomic E-state index is 0.187. The van der Waals surface area contributed by atoms with Crippen molar-refractivity contribution in [2.24, 2.45) is 0 Å². The number of rotatable bonds is 2. The topological polar surface area (TPSA) is 12.5 Å². The molecule has 18 heavy (non-hydrogen) atoms. The molecule has 0 atom stereocenters. The minimum Gasteiger partial charge on any atom is -0.490 e. The molecule has 0 aromatic heterocycles. The van der Waals surface area contributed by atoms with Crippen LogP contribution in [0.15, 0.2) is 24.3 Å². The number of likely N-dealkylation sites (tertiary alicyclic amines) is 1. The maximum Gasteiger partial charge on any atom is 0.120 e. The third kappa shape index (κ3) is 3.49. The third-order valence-corrected chi connectivity index (χ3v) is 3.67. The summed E-state index contributed by atoms with van der Waals surface area (Å²) >= 11 is 0. The molecule has 1 aromatic rings. The van der Waals surface area contributed by atoms with Crippen molar-refractivity contribution in [3.05, 3.63) is 29.8 Å². The molecular weight excluding hydrogens is 222 g/mol. The highest BCUT2D eigenvalue weighted by atomic mass is 16.5. The second kappa shape index (κ2) is 5.31. The van der Waals surface area contributed by atoms with Crippen molar-refractivity contribution < 1.29 is 4.74 Å². The molecule has 1 aliphatic heterocycles. The molecule has 0 spiro atoms. The zero-order valence-electron chi connectivity index (χ0n) is 12.1. The SMILES string of the molecule is CN1CCC(Oc2cccc(C(C)(C)C)c2)CC1. The van der Waals surface area contributed by atoms with Gasteiger partial charge < -0.3 is 9.64 Å². The van der Waals surface area contributed by atoms with E-state index in [-0.39, 0.29) is 5.41 Å². The number of piperidine rings is 1. The third-order valence-electron chi connectivity index (χ3n) is 3.67. The number of hydrogen-bond donors (Lipinski definition) is 0. The van der Waals surface area contributed by atoms with Gasteiger partial charge in [-0.25, -0.2) is 0 Å². The molecular formula is C16H25NO. The van der Waals surface area contributed by atoms with Crippen molar-refractivity contribution in [2.75, 3.05) is 20.1 Å². The van der Waals surface area contributed by atoms with E-state index in [1.165, 1.54) is 5.56 Å². The zero-order valence-corrected chi connectivity index (χ0v) is 12.1. The Bertz CT molecular complexity index is 386. The molecule has 0 unspecified atom stereocenters. The van der Waals surface area contributed by atoms with Crippen LogP contribution in [0.25, 0.3) is 0 Å². The van der Waals surface area contributed by atoms with Gasteiger partial charge in [0, 0.05) is 13.1 Å². The summed E-state index contributed by atoms with van der Waals surface area (Å²) < 4.78 is 6.11. The summed E-state index contributed by atoms with van der Waals surface area (Å²) in [5, 5.41) is 0. The molecule has 2 nitrogen and oxygen atoms in total. The maximum atomic E-state index is 6.11. The molecule has 0 aliphatic carbocycles. The molecule has 0 N–H and O–H groups in total. The minimum atomic E-state index is 0.187. The molecule has 1 fully saturated rings. The van der Waals surface area contributed by atoms with E-state index in [9.17, 15) is 0 Å². The van der Waals surface area contributed by atoms with Crippen LogP contribution >= 0.6 is 0 Å². The number of benzene rings is 1. The molecule has 1 aliphatic rings. The first-order valence-electron chi connectivity index (χ1n) is 6.91. The van der Waals surface area contributed by atoms with Gasteiger partial charge in [-0.05, 0) is 43.0 Å². The number of nitrogens with zero attached hydrogens (tertiary/aromatic N) is 1. The second-order valence-electron chi connectivity index (χ2n) is 6.40. The fourth-order valence-corrected chi connectivity index (χ4v) is 2.33. The summed E-state index contributed by atoms with van der Waals surface area (Å²) in [6.07, 6.45) is 2.66. The van der Waals surface area contributed by atoms with Crippen molar-refractivity contribution >= 4 is 0 Å². The Labute approximate surface area is 111 Å². The summed E-state index contributed by atoms with van der Waals surface area (Å²) in [6, 6.07) is 8.55. The highest BCUT2D eigenvalue weighted by Crippen LogP contribution is 2.27. The second-order valence-corrected chi connectivity index (χ2v) is 6.40. The lowest BCUT2D eigenvalue weighted by atomic mass is 9.87. The van der Waals surface area contributed by atoms with Gasteiger partial charge in [0.2, 0.25) is 0 Å². The molecule has 0 radical (unpaired) electrons. The van der Waals surface area contributed by atoms with Crippen LogP contribution in [0, 0.1) is 0 Å². The Balaban J connectivity index is 2.01. The normalized spacial score (nSPS) is 18.9. The molecule has 0 bridgehead atoms. The van der Waals surface area contributed by atoms with Gasteiger partial charge in [-0.2, -0.15) is 0 Å². The van der Waals surface area contributed by atoms with Gasteiger partial charge in [0.25, 0.3) is 0 Å². The van der Waals surface area contributed by atoms with E-state index in [2.05, 4.69) is 57.0 Å². The first-order valence-corrected chi connectivity index (χ1v) is 6.91. The monoisotopic (exact) mass is 247 g/mol. The molecule has 2 heteroatoms. The number of ether oxygens (including phenoxy) is 1. The summed E-state index contributed by atoms with van der Waals surface area (Å²) in [4.78, 5) is 2.37. The van der Waals surface area contributed by atoms with Gasteiger partial charge in [0.1, 0.15) is 11.9 Å². The fraction of sp³-hybridized carbons (Fsp3) is 0.625. The summed E-state index contributed by atoms with van der Waals surface area (Å²) in [5.74, 6) is 1.02. The van der Waals surface area contributed by atoms with Gasteiger partial charge in [0.05, 0.1) is 0 Å². The van der Waals surface area contributed by atoms with E-state index in [4.69, 9.17) is 4.74 Å². The lowest BCUT2D eigenvalue weighted by Gasteiger charge is -2.29. The molecule has 0 amide bonds.